The van der Waals surface area contributed by atoms with Crippen molar-refractivity contribution in [3.63, 3.8) is 0 Å². The van der Waals surface area contributed by atoms with E-state index >= 15 is 0 Å². The maximum Gasteiger partial charge on any atom is 0.224 e. The van der Waals surface area contributed by atoms with Crippen molar-refractivity contribution in [2.75, 3.05) is 6.54 Å². The second-order valence-corrected chi connectivity index (χ2v) is 6.73. The van der Waals surface area contributed by atoms with Gasteiger partial charge in [-0.1, -0.05) is 49.4 Å². The molecule has 1 amide bonds. The molecule has 0 aromatic heterocycles. The van der Waals surface area contributed by atoms with Crippen molar-refractivity contribution in [2.24, 2.45) is 11.7 Å². The van der Waals surface area contributed by atoms with Crippen LogP contribution in [0.15, 0.2) is 54.6 Å². The summed E-state index contributed by atoms with van der Waals surface area (Å²) in [5.74, 6) is -0.586. The largest absolute Gasteiger partial charge is 0.355 e. The van der Waals surface area contributed by atoms with E-state index in [9.17, 15) is 9.18 Å². The van der Waals surface area contributed by atoms with E-state index in [-0.39, 0.29) is 29.1 Å². The Hall–Kier alpha value is -2.20. The molecule has 0 bridgehead atoms. The van der Waals surface area contributed by atoms with Crippen LogP contribution < -0.4 is 11.1 Å². The Kier molecular flexibility index (Phi) is 4.67. The summed E-state index contributed by atoms with van der Waals surface area (Å²) in [6.07, 6.45) is 2.02. The zero-order valence-corrected chi connectivity index (χ0v) is 13.8. The SMILES string of the molecule is CC(C(=O)NCC1(c2ccc(F)cc2)CC1)C(N)c1ccccc1. The first-order valence-corrected chi connectivity index (χ1v) is 8.36. The van der Waals surface area contributed by atoms with Gasteiger partial charge in [0.05, 0.1) is 5.92 Å². The molecule has 0 radical (unpaired) electrons. The van der Waals surface area contributed by atoms with E-state index in [0.29, 0.717) is 6.54 Å². The molecule has 1 aliphatic carbocycles. The number of hydrogen-bond donors (Lipinski definition) is 2. The number of carbonyl (C=O) groups excluding carboxylic acids is 1. The predicted octanol–water partition coefficient (Wildman–Crippen LogP) is 3.31. The Balaban J connectivity index is 1.60. The number of nitrogens with two attached hydrogens (primary N) is 1. The maximum atomic E-state index is 13.1. The summed E-state index contributed by atoms with van der Waals surface area (Å²) in [5, 5.41) is 3.04. The Morgan fingerprint density at radius 3 is 2.38 bits per heavy atom. The molecule has 0 spiro atoms. The van der Waals surface area contributed by atoms with E-state index in [2.05, 4.69) is 5.32 Å². The average molecular weight is 326 g/mol. The van der Waals surface area contributed by atoms with E-state index in [1.807, 2.05) is 49.4 Å². The van der Waals surface area contributed by atoms with Crippen LogP contribution in [0.4, 0.5) is 4.39 Å². The highest BCUT2D eigenvalue weighted by atomic mass is 19.1. The molecular formula is C20H23FN2O. The van der Waals surface area contributed by atoms with Gasteiger partial charge in [-0.15, -0.1) is 0 Å². The number of amides is 1. The molecule has 1 aliphatic rings. The monoisotopic (exact) mass is 326 g/mol. The van der Waals surface area contributed by atoms with E-state index in [1.54, 1.807) is 0 Å². The molecule has 2 unspecified atom stereocenters. The van der Waals surface area contributed by atoms with E-state index < -0.39 is 0 Å². The van der Waals surface area contributed by atoms with Crippen molar-refractivity contribution in [3.05, 3.63) is 71.5 Å². The summed E-state index contributed by atoms with van der Waals surface area (Å²) in [5.41, 5.74) is 8.22. The van der Waals surface area contributed by atoms with Crippen molar-refractivity contribution in [2.45, 2.75) is 31.2 Å². The summed E-state index contributed by atoms with van der Waals surface area (Å²) in [6.45, 7) is 2.42. The van der Waals surface area contributed by atoms with Crippen LogP contribution in [0, 0.1) is 11.7 Å². The third-order valence-electron chi connectivity index (χ3n) is 5.05. The van der Waals surface area contributed by atoms with Crippen molar-refractivity contribution in [1.29, 1.82) is 0 Å². The fraction of sp³-hybridized carbons (Fsp3) is 0.350. The molecular weight excluding hydrogens is 303 g/mol. The number of benzene rings is 2. The summed E-state index contributed by atoms with van der Waals surface area (Å²) in [7, 11) is 0. The molecule has 0 heterocycles. The highest BCUT2D eigenvalue weighted by Crippen LogP contribution is 2.47. The molecule has 1 saturated carbocycles. The summed E-state index contributed by atoms with van der Waals surface area (Å²) >= 11 is 0. The van der Waals surface area contributed by atoms with Crippen LogP contribution in [-0.2, 0) is 10.2 Å². The first kappa shape index (κ1) is 16.7. The number of carbonyl (C=O) groups is 1. The molecule has 4 heteroatoms. The number of rotatable bonds is 6. The Bertz CT molecular complexity index is 695. The lowest BCUT2D eigenvalue weighted by Gasteiger charge is -2.22. The molecule has 2 atom stereocenters. The number of halogens is 1. The zero-order chi connectivity index (χ0) is 17.2. The van der Waals surface area contributed by atoms with Crippen LogP contribution in [0.25, 0.3) is 0 Å². The standard InChI is InChI=1S/C20H23FN2O/c1-14(18(22)15-5-3-2-4-6-15)19(24)23-13-20(11-12-20)16-7-9-17(21)10-8-16/h2-10,14,18H,11-13,22H2,1H3,(H,23,24). The quantitative estimate of drug-likeness (QED) is 0.856. The molecule has 3 rings (SSSR count). The zero-order valence-electron chi connectivity index (χ0n) is 13.8. The summed E-state index contributed by atoms with van der Waals surface area (Å²) < 4.78 is 13.1. The normalized spacial score (nSPS) is 17.8. The smallest absolute Gasteiger partial charge is 0.224 e. The van der Waals surface area contributed by atoms with Crippen molar-refractivity contribution in [1.82, 2.24) is 5.32 Å². The van der Waals surface area contributed by atoms with E-state index in [1.165, 1.54) is 12.1 Å². The van der Waals surface area contributed by atoms with Crippen LogP contribution in [0.2, 0.25) is 0 Å². The molecule has 1 fully saturated rings. The highest BCUT2D eigenvalue weighted by Gasteiger charge is 2.44. The minimum Gasteiger partial charge on any atom is -0.355 e. The van der Waals surface area contributed by atoms with Gasteiger partial charge >= 0.3 is 0 Å². The van der Waals surface area contributed by atoms with Crippen LogP contribution in [0.5, 0.6) is 0 Å². The van der Waals surface area contributed by atoms with Gasteiger partial charge in [-0.25, -0.2) is 4.39 Å². The van der Waals surface area contributed by atoms with Crippen molar-refractivity contribution in [3.8, 4) is 0 Å². The van der Waals surface area contributed by atoms with Gasteiger partial charge in [-0.3, -0.25) is 4.79 Å². The van der Waals surface area contributed by atoms with E-state index in [0.717, 1.165) is 24.0 Å². The van der Waals surface area contributed by atoms with Crippen LogP contribution in [-0.4, -0.2) is 12.5 Å². The summed E-state index contributed by atoms with van der Waals surface area (Å²) in [4.78, 5) is 12.5. The molecule has 0 aliphatic heterocycles. The first-order chi connectivity index (χ1) is 11.5. The number of hydrogen-bond acceptors (Lipinski definition) is 2. The molecule has 24 heavy (non-hydrogen) atoms. The predicted molar refractivity (Wildman–Crippen MR) is 92.9 cm³/mol. The minimum atomic E-state index is -0.327. The average Bonchev–Trinajstić information content (AvgIpc) is 3.41. The maximum absolute atomic E-state index is 13.1. The second-order valence-electron chi connectivity index (χ2n) is 6.73. The summed E-state index contributed by atoms with van der Waals surface area (Å²) in [6, 6.07) is 15.9. The minimum absolute atomic E-state index is 0.0417. The fourth-order valence-electron chi connectivity index (χ4n) is 3.07. The van der Waals surface area contributed by atoms with Crippen molar-refractivity contribution < 1.29 is 9.18 Å². The Morgan fingerprint density at radius 2 is 1.79 bits per heavy atom. The second kappa shape index (κ2) is 6.73. The van der Waals surface area contributed by atoms with Crippen LogP contribution >= 0.6 is 0 Å². The van der Waals surface area contributed by atoms with Crippen LogP contribution in [0.1, 0.15) is 36.9 Å². The van der Waals surface area contributed by atoms with Gasteiger partial charge in [-0.05, 0) is 36.1 Å². The van der Waals surface area contributed by atoms with Crippen LogP contribution in [0.3, 0.4) is 0 Å². The Labute approximate surface area is 142 Å². The molecule has 126 valence electrons. The van der Waals surface area contributed by atoms with Gasteiger partial charge in [0.15, 0.2) is 0 Å². The van der Waals surface area contributed by atoms with Gasteiger partial charge in [0.25, 0.3) is 0 Å². The highest BCUT2D eigenvalue weighted by molar-refractivity contribution is 5.79. The first-order valence-electron chi connectivity index (χ1n) is 8.36. The Morgan fingerprint density at radius 1 is 1.17 bits per heavy atom. The van der Waals surface area contributed by atoms with Gasteiger partial charge in [0.1, 0.15) is 5.82 Å². The van der Waals surface area contributed by atoms with Gasteiger partial charge in [0.2, 0.25) is 5.91 Å². The molecule has 3 N–H and O–H groups in total. The lowest BCUT2D eigenvalue weighted by Crippen LogP contribution is -2.39. The number of nitrogens with one attached hydrogen (secondary N) is 1. The van der Waals surface area contributed by atoms with Gasteiger partial charge in [0, 0.05) is 18.0 Å². The molecule has 3 nitrogen and oxygen atoms in total. The lowest BCUT2D eigenvalue weighted by atomic mass is 9.93. The third kappa shape index (κ3) is 3.49. The molecule has 2 aromatic carbocycles. The lowest BCUT2D eigenvalue weighted by molar-refractivity contribution is -0.125. The van der Waals surface area contributed by atoms with Gasteiger partial charge in [-0.2, -0.15) is 0 Å². The topological polar surface area (TPSA) is 55.1 Å². The molecule has 2 aromatic rings. The van der Waals surface area contributed by atoms with Crippen molar-refractivity contribution >= 4 is 5.91 Å². The molecule has 0 saturated heterocycles. The van der Waals surface area contributed by atoms with E-state index in [4.69, 9.17) is 5.73 Å². The fourth-order valence-corrected chi connectivity index (χ4v) is 3.07. The third-order valence-corrected chi connectivity index (χ3v) is 5.05. The van der Waals surface area contributed by atoms with Gasteiger partial charge < -0.3 is 11.1 Å².